The van der Waals surface area contributed by atoms with Gasteiger partial charge in [0.1, 0.15) is 0 Å². The maximum absolute atomic E-state index is 5.07. The third-order valence-electron chi connectivity index (χ3n) is 3.96. The van der Waals surface area contributed by atoms with Gasteiger partial charge in [-0.2, -0.15) is 0 Å². The number of hydrogen-bond donors (Lipinski definition) is 1. The molecule has 0 bridgehead atoms. The lowest BCUT2D eigenvalue weighted by molar-refractivity contribution is -0.0136. The number of rotatable bonds is 5. The minimum absolute atomic E-state index is 0.388. The Morgan fingerprint density at radius 2 is 2.00 bits per heavy atom. The van der Waals surface area contributed by atoms with Crippen LogP contribution in [0.25, 0.3) is 0 Å². The summed E-state index contributed by atoms with van der Waals surface area (Å²) in [6, 6.07) is 1.37. The van der Waals surface area contributed by atoms with Gasteiger partial charge in [-0.3, -0.25) is 4.90 Å². The first-order chi connectivity index (χ1) is 7.60. The lowest BCUT2D eigenvalue weighted by Gasteiger charge is -2.47. The van der Waals surface area contributed by atoms with Crippen LogP contribution in [0.3, 0.4) is 0 Å². The highest BCUT2D eigenvalue weighted by Gasteiger charge is 2.37. The molecule has 94 valence electrons. The quantitative estimate of drug-likeness (QED) is 0.585. The Hall–Kier alpha value is 0.230. The zero-order chi connectivity index (χ0) is 11.7. The van der Waals surface area contributed by atoms with Crippen LogP contribution in [0.4, 0.5) is 0 Å². The molecule has 4 heteroatoms. The van der Waals surface area contributed by atoms with Crippen LogP contribution < -0.4 is 0 Å². The van der Waals surface area contributed by atoms with E-state index in [-0.39, 0.29) is 0 Å². The highest BCUT2D eigenvalue weighted by atomic mass is 32.1. The van der Waals surface area contributed by atoms with E-state index in [0.29, 0.717) is 12.1 Å². The van der Waals surface area contributed by atoms with Crippen molar-refractivity contribution in [2.24, 2.45) is 5.92 Å². The standard InChI is InChI=1S/C12H24N2OS/c1-9(2)14(8-10-6-13(3)7-10)11-4-12(5-11)15-16/h9-12,16H,4-8H2,1-3H3/t11-,12-. The second-order valence-corrected chi connectivity index (χ2v) is 5.94. The fourth-order valence-electron chi connectivity index (χ4n) is 2.92. The molecule has 1 heterocycles. The molecule has 1 aliphatic heterocycles. The molecule has 0 aromatic rings. The van der Waals surface area contributed by atoms with Gasteiger partial charge in [0.05, 0.1) is 6.10 Å². The first-order valence-electron chi connectivity index (χ1n) is 6.34. The zero-order valence-corrected chi connectivity index (χ0v) is 11.5. The molecule has 0 amide bonds. The van der Waals surface area contributed by atoms with Gasteiger partial charge < -0.3 is 9.08 Å². The molecule has 0 N–H and O–H groups in total. The fraction of sp³-hybridized carbons (Fsp3) is 1.00. The minimum atomic E-state index is 0.388. The summed E-state index contributed by atoms with van der Waals surface area (Å²) in [5.41, 5.74) is 0. The molecule has 1 saturated carbocycles. The number of likely N-dealkylation sites (tertiary alicyclic amines) is 1. The Bertz CT molecular complexity index is 225. The smallest absolute Gasteiger partial charge is 0.0748 e. The third-order valence-corrected chi connectivity index (χ3v) is 4.26. The van der Waals surface area contributed by atoms with Gasteiger partial charge in [0.25, 0.3) is 0 Å². The summed E-state index contributed by atoms with van der Waals surface area (Å²) in [6.45, 7) is 8.39. The highest BCUT2D eigenvalue weighted by molar-refractivity contribution is 7.75. The first-order valence-corrected chi connectivity index (χ1v) is 6.71. The normalized spacial score (nSPS) is 31.9. The predicted octanol–water partition coefficient (Wildman–Crippen LogP) is 1.65. The summed E-state index contributed by atoms with van der Waals surface area (Å²) in [6.07, 6.45) is 2.70. The Morgan fingerprint density at radius 1 is 1.38 bits per heavy atom. The maximum atomic E-state index is 5.07. The number of hydrogen-bond acceptors (Lipinski definition) is 4. The number of nitrogens with zero attached hydrogens (tertiary/aromatic N) is 2. The van der Waals surface area contributed by atoms with Crippen molar-refractivity contribution in [2.45, 2.75) is 44.9 Å². The summed E-state index contributed by atoms with van der Waals surface area (Å²) in [4.78, 5) is 5.05. The van der Waals surface area contributed by atoms with Crippen LogP contribution in [0.5, 0.6) is 0 Å². The topological polar surface area (TPSA) is 15.7 Å². The lowest BCUT2D eigenvalue weighted by Crippen LogP contribution is -2.56. The SMILES string of the molecule is CC(C)N(CC1CN(C)C1)[C@H]1C[C@H](OS)C1. The predicted molar refractivity (Wildman–Crippen MR) is 69.7 cm³/mol. The molecule has 2 rings (SSSR count). The van der Waals surface area contributed by atoms with Gasteiger partial charge in [-0.05, 0) is 52.6 Å². The van der Waals surface area contributed by atoms with Gasteiger partial charge in [-0.1, -0.05) is 0 Å². The van der Waals surface area contributed by atoms with Crippen molar-refractivity contribution in [1.82, 2.24) is 9.80 Å². The third kappa shape index (κ3) is 2.73. The molecule has 0 spiro atoms. The van der Waals surface area contributed by atoms with E-state index in [9.17, 15) is 0 Å². The van der Waals surface area contributed by atoms with Gasteiger partial charge in [0.15, 0.2) is 0 Å². The summed E-state index contributed by atoms with van der Waals surface area (Å²) in [5.74, 6) is 0.878. The summed E-state index contributed by atoms with van der Waals surface area (Å²) >= 11 is 3.89. The van der Waals surface area contributed by atoms with Crippen molar-refractivity contribution < 1.29 is 4.18 Å². The van der Waals surface area contributed by atoms with Crippen molar-refractivity contribution >= 4 is 12.9 Å². The zero-order valence-electron chi connectivity index (χ0n) is 10.6. The molecule has 0 atom stereocenters. The van der Waals surface area contributed by atoms with E-state index in [0.717, 1.165) is 24.8 Å². The van der Waals surface area contributed by atoms with E-state index >= 15 is 0 Å². The molecule has 0 aromatic carbocycles. The van der Waals surface area contributed by atoms with Crippen molar-refractivity contribution in [1.29, 1.82) is 0 Å². The molecule has 2 aliphatic rings. The van der Waals surface area contributed by atoms with Crippen LogP contribution in [-0.4, -0.2) is 54.7 Å². The summed E-state index contributed by atoms with van der Waals surface area (Å²) < 4.78 is 5.07. The maximum Gasteiger partial charge on any atom is 0.0748 e. The molecule has 16 heavy (non-hydrogen) atoms. The molecular formula is C12H24N2OS. The van der Waals surface area contributed by atoms with Crippen molar-refractivity contribution in [3.8, 4) is 0 Å². The molecule has 0 radical (unpaired) electrons. The van der Waals surface area contributed by atoms with Crippen LogP contribution >= 0.6 is 12.9 Å². The van der Waals surface area contributed by atoms with Crippen LogP contribution in [0.1, 0.15) is 26.7 Å². The van der Waals surface area contributed by atoms with Crippen LogP contribution in [-0.2, 0) is 4.18 Å². The van der Waals surface area contributed by atoms with Gasteiger partial charge in [-0.25, -0.2) is 0 Å². The summed E-state index contributed by atoms with van der Waals surface area (Å²) in [7, 11) is 2.20. The van der Waals surface area contributed by atoms with Crippen molar-refractivity contribution in [3.63, 3.8) is 0 Å². The molecule has 1 aliphatic carbocycles. The minimum Gasteiger partial charge on any atom is -0.315 e. The average Bonchev–Trinajstić information content (AvgIpc) is 2.11. The van der Waals surface area contributed by atoms with Gasteiger partial charge >= 0.3 is 0 Å². The molecule has 2 fully saturated rings. The molecule has 0 aromatic heterocycles. The Balaban J connectivity index is 1.77. The van der Waals surface area contributed by atoms with E-state index in [4.69, 9.17) is 4.18 Å². The molecule has 3 nitrogen and oxygen atoms in total. The fourth-order valence-corrected chi connectivity index (χ4v) is 3.09. The van der Waals surface area contributed by atoms with E-state index in [1.165, 1.54) is 19.6 Å². The Kier molecular flexibility index (Phi) is 4.16. The van der Waals surface area contributed by atoms with E-state index < -0.39 is 0 Å². The molecule has 0 unspecified atom stereocenters. The lowest BCUT2D eigenvalue weighted by atomic mass is 9.86. The van der Waals surface area contributed by atoms with Crippen molar-refractivity contribution in [2.75, 3.05) is 26.7 Å². The summed E-state index contributed by atoms with van der Waals surface area (Å²) in [5, 5.41) is 0. The van der Waals surface area contributed by atoms with Crippen LogP contribution in [0.15, 0.2) is 0 Å². The average molecular weight is 244 g/mol. The number of thiol groups is 1. The van der Waals surface area contributed by atoms with Gasteiger partial charge in [0, 0.05) is 31.7 Å². The monoisotopic (exact) mass is 244 g/mol. The van der Waals surface area contributed by atoms with Gasteiger partial charge in [0.2, 0.25) is 0 Å². The molecular weight excluding hydrogens is 220 g/mol. The largest absolute Gasteiger partial charge is 0.315 e. The van der Waals surface area contributed by atoms with E-state index in [1.54, 1.807) is 0 Å². The first kappa shape index (κ1) is 12.7. The Morgan fingerprint density at radius 3 is 2.44 bits per heavy atom. The van der Waals surface area contributed by atoms with Crippen LogP contribution in [0, 0.1) is 5.92 Å². The second kappa shape index (κ2) is 5.25. The second-order valence-electron chi connectivity index (χ2n) is 5.73. The van der Waals surface area contributed by atoms with E-state index in [2.05, 4.69) is 43.6 Å². The molecule has 1 saturated heterocycles. The van der Waals surface area contributed by atoms with Gasteiger partial charge in [-0.15, -0.1) is 0 Å². The Labute approximate surface area is 105 Å². The highest BCUT2D eigenvalue weighted by Crippen LogP contribution is 2.31. The van der Waals surface area contributed by atoms with Crippen LogP contribution in [0.2, 0.25) is 0 Å². The van der Waals surface area contributed by atoms with E-state index in [1.807, 2.05) is 0 Å². The van der Waals surface area contributed by atoms with Crippen molar-refractivity contribution in [3.05, 3.63) is 0 Å².